The zero-order chi connectivity index (χ0) is 9.30. The lowest BCUT2D eigenvalue weighted by Crippen LogP contribution is -2.32. The van der Waals surface area contributed by atoms with Crippen LogP contribution in [0.2, 0.25) is 0 Å². The summed E-state index contributed by atoms with van der Waals surface area (Å²) in [6.45, 7) is 0. The fourth-order valence-corrected chi connectivity index (χ4v) is 0.641. The number of hydrogen-bond acceptors (Lipinski definition) is 4. The highest BCUT2D eigenvalue weighted by Gasteiger charge is 2.10. The van der Waals surface area contributed by atoms with E-state index in [0.29, 0.717) is 6.07 Å². The minimum absolute atomic E-state index is 0.149. The quantitative estimate of drug-likeness (QED) is 0.445. The molecule has 0 fully saturated rings. The molecular formula is C5H4N2O5. The van der Waals surface area contributed by atoms with Crippen LogP contribution in [0.25, 0.3) is 0 Å². The second-order valence-corrected chi connectivity index (χ2v) is 1.94. The molecule has 12 heavy (non-hydrogen) atoms. The number of carboxylic acids is 1. The lowest BCUT2D eigenvalue weighted by atomic mass is 10.4. The first kappa shape index (κ1) is 8.05. The van der Waals surface area contributed by atoms with Crippen LogP contribution in [0.1, 0.15) is 10.5 Å². The number of carboxylic acid groups (broad SMARTS) is 1. The van der Waals surface area contributed by atoms with Crippen LogP contribution in [0.4, 0.5) is 0 Å². The Morgan fingerprint density at radius 2 is 2.08 bits per heavy atom. The molecule has 3 N–H and O–H groups in total. The van der Waals surface area contributed by atoms with Gasteiger partial charge in [-0.15, -0.1) is 4.73 Å². The van der Waals surface area contributed by atoms with Gasteiger partial charge in [0.15, 0.2) is 5.69 Å². The highest BCUT2D eigenvalue weighted by Crippen LogP contribution is 1.86. The van der Waals surface area contributed by atoms with Gasteiger partial charge in [-0.1, -0.05) is 0 Å². The SMILES string of the molecule is O=C(O)c1cc(=O)[nH]c(=O)n1O. The molecule has 64 valence electrons. The van der Waals surface area contributed by atoms with Crippen LogP contribution < -0.4 is 11.2 Å². The molecule has 0 saturated heterocycles. The lowest BCUT2D eigenvalue weighted by molar-refractivity contribution is 0.0630. The van der Waals surface area contributed by atoms with Crippen molar-refractivity contribution in [1.29, 1.82) is 0 Å². The van der Waals surface area contributed by atoms with Crippen LogP contribution in [-0.4, -0.2) is 26.0 Å². The summed E-state index contributed by atoms with van der Waals surface area (Å²) in [6.07, 6.45) is 0. The minimum atomic E-state index is -1.55. The van der Waals surface area contributed by atoms with Crippen molar-refractivity contribution in [3.05, 3.63) is 32.6 Å². The Bertz CT molecular complexity index is 428. The average molecular weight is 172 g/mol. The summed E-state index contributed by atoms with van der Waals surface area (Å²) in [7, 11) is 0. The summed E-state index contributed by atoms with van der Waals surface area (Å²) in [5.41, 5.74) is -2.83. The van der Waals surface area contributed by atoms with Gasteiger partial charge in [-0.25, -0.2) is 9.59 Å². The second-order valence-electron chi connectivity index (χ2n) is 1.94. The van der Waals surface area contributed by atoms with Gasteiger partial charge in [-0.05, 0) is 0 Å². The molecule has 0 atom stereocenters. The smallest absolute Gasteiger partial charge is 0.361 e. The van der Waals surface area contributed by atoms with Gasteiger partial charge in [0.25, 0.3) is 5.56 Å². The molecule has 0 unspecified atom stereocenters. The molecular weight excluding hydrogens is 168 g/mol. The predicted octanol–water partition coefficient (Wildman–Crippen LogP) is -1.53. The van der Waals surface area contributed by atoms with E-state index >= 15 is 0 Å². The Labute approximate surface area is 64.5 Å². The van der Waals surface area contributed by atoms with Crippen molar-refractivity contribution in [3.63, 3.8) is 0 Å². The highest BCUT2D eigenvalue weighted by atomic mass is 16.5. The standard InChI is InChI=1S/C5H4N2O5/c8-3-1-2(4(9)10)7(12)5(11)6-3/h1,12H,(H,9,10)(H,6,8,11). The average Bonchev–Trinajstić information content (AvgIpc) is 1.96. The first-order valence-electron chi connectivity index (χ1n) is 2.81. The number of aromatic nitrogens is 2. The zero-order valence-corrected chi connectivity index (χ0v) is 5.64. The molecule has 0 aliphatic heterocycles. The molecule has 0 aliphatic rings. The molecule has 0 aromatic carbocycles. The Balaban J connectivity index is 3.59. The molecule has 7 nitrogen and oxygen atoms in total. The molecule has 1 aromatic rings. The van der Waals surface area contributed by atoms with E-state index in [4.69, 9.17) is 10.3 Å². The number of nitrogens with one attached hydrogen (secondary N) is 1. The fourth-order valence-electron chi connectivity index (χ4n) is 0.641. The highest BCUT2D eigenvalue weighted by molar-refractivity contribution is 5.85. The van der Waals surface area contributed by atoms with E-state index in [9.17, 15) is 14.4 Å². The molecule has 0 bridgehead atoms. The maximum Gasteiger partial charge on any atom is 0.361 e. The Morgan fingerprint density at radius 3 is 2.58 bits per heavy atom. The summed E-state index contributed by atoms with van der Waals surface area (Å²) < 4.78 is -0.149. The van der Waals surface area contributed by atoms with Crippen molar-refractivity contribution in [1.82, 2.24) is 9.71 Å². The van der Waals surface area contributed by atoms with Gasteiger partial charge in [0.1, 0.15) is 0 Å². The van der Waals surface area contributed by atoms with Gasteiger partial charge in [0, 0.05) is 6.07 Å². The fraction of sp³-hybridized carbons (Fsp3) is 0. The maximum atomic E-state index is 10.6. The molecule has 0 aliphatic carbocycles. The van der Waals surface area contributed by atoms with E-state index in [0.717, 1.165) is 0 Å². The summed E-state index contributed by atoms with van der Waals surface area (Å²) in [6, 6.07) is 0.601. The predicted molar refractivity (Wildman–Crippen MR) is 35.5 cm³/mol. The summed E-state index contributed by atoms with van der Waals surface area (Å²) in [5, 5.41) is 17.1. The van der Waals surface area contributed by atoms with Gasteiger partial charge in [-0.2, -0.15) is 0 Å². The molecule has 0 radical (unpaired) electrons. The Kier molecular flexibility index (Phi) is 1.70. The van der Waals surface area contributed by atoms with Crippen molar-refractivity contribution in [2.24, 2.45) is 0 Å². The molecule has 1 rings (SSSR count). The van der Waals surface area contributed by atoms with Gasteiger partial charge in [-0.3, -0.25) is 9.78 Å². The number of H-pyrrole nitrogens is 1. The summed E-state index contributed by atoms with van der Waals surface area (Å²) in [5.74, 6) is -1.55. The third-order valence-electron chi connectivity index (χ3n) is 1.14. The van der Waals surface area contributed by atoms with Crippen molar-refractivity contribution in [3.8, 4) is 0 Å². The van der Waals surface area contributed by atoms with Gasteiger partial charge >= 0.3 is 11.7 Å². The van der Waals surface area contributed by atoms with Crippen LogP contribution >= 0.6 is 0 Å². The normalized spacial score (nSPS) is 9.67. The van der Waals surface area contributed by atoms with E-state index < -0.39 is 22.9 Å². The largest absolute Gasteiger partial charge is 0.476 e. The minimum Gasteiger partial charge on any atom is -0.476 e. The molecule has 1 heterocycles. The lowest BCUT2D eigenvalue weighted by Gasteiger charge is -1.97. The van der Waals surface area contributed by atoms with Crippen molar-refractivity contribution in [2.45, 2.75) is 0 Å². The van der Waals surface area contributed by atoms with Crippen LogP contribution in [0.3, 0.4) is 0 Å². The number of hydrogen-bond donors (Lipinski definition) is 3. The van der Waals surface area contributed by atoms with E-state index in [1.54, 1.807) is 4.98 Å². The number of aromatic carboxylic acids is 1. The Morgan fingerprint density at radius 1 is 1.50 bits per heavy atom. The van der Waals surface area contributed by atoms with E-state index in [-0.39, 0.29) is 4.73 Å². The summed E-state index contributed by atoms with van der Waals surface area (Å²) in [4.78, 5) is 33.0. The first-order valence-corrected chi connectivity index (χ1v) is 2.81. The molecule has 0 amide bonds. The number of aromatic amines is 1. The van der Waals surface area contributed by atoms with Crippen LogP contribution in [-0.2, 0) is 0 Å². The molecule has 1 aromatic heterocycles. The maximum absolute atomic E-state index is 10.6. The third-order valence-corrected chi connectivity index (χ3v) is 1.14. The van der Waals surface area contributed by atoms with Crippen molar-refractivity contribution < 1.29 is 15.1 Å². The van der Waals surface area contributed by atoms with Crippen molar-refractivity contribution >= 4 is 5.97 Å². The van der Waals surface area contributed by atoms with E-state index in [2.05, 4.69) is 0 Å². The summed E-state index contributed by atoms with van der Waals surface area (Å²) >= 11 is 0. The van der Waals surface area contributed by atoms with Crippen LogP contribution in [0.5, 0.6) is 0 Å². The van der Waals surface area contributed by atoms with E-state index in [1.165, 1.54) is 0 Å². The number of carbonyl (C=O) groups is 1. The molecule has 0 spiro atoms. The molecule has 0 saturated carbocycles. The van der Waals surface area contributed by atoms with Gasteiger partial charge < -0.3 is 10.3 Å². The number of rotatable bonds is 1. The van der Waals surface area contributed by atoms with Gasteiger partial charge in [0.05, 0.1) is 0 Å². The zero-order valence-electron chi connectivity index (χ0n) is 5.64. The third kappa shape index (κ3) is 1.19. The molecule has 7 heteroatoms. The topological polar surface area (TPSA) is 112 Å². The monoisotopic (exact) mass is 172 g/mol. The number of nitrogens with zero attached hydrogens (tertiary/aromatic N) is 1. The Hall–Kier alpha value is -2.05. The van der Waals surface area contributed by atoms with E-state index in [1.807, 2.05) is 0 Å². The first-order chi connectivity index (χ1) is 5.52. The van der Waals surface area contributed by atoms with Crippen molar-refractivity contribution in [2.75, 3.05) is 0 Å². The van der Waals surface area contributed by atoms with Crippen LogP contribution in [0, 0.1) is 0 Å². The second kappa shape index (κ2) is 2.53. The van der Waals surface area contributed by atoms with Crippen LogP contribution in [0.15, 0.2) is 15.7 Å². The van der Waals surface area contributed by atoms with Gasteiger partial charge in [0.2, 0.25) is 0 Å².